The minimum Gasteiger partial charge on any atom is -0.300 e. The van der Waals surface area contributed by atoms with Crippen LogP contribution in [-0.2, 0) is 0 Å². The van der Waals surface area contributed by atoms with Crippen molar-refractivity contribution in [3.05, 3.63) is 35.4 Å². The monoisotopic (exact) mass is 189 g/mol. The molecule has 1 aliphatic rings. The lowest BCUT2D eigenvalue weighted by atomic mass is 9.90. The van der Waals surface area contributed by atoms with E-state index < -0.39 is 0 Å². The number of hydrogen-bond donors (Lipinski definition) is 0. The van der Waals surface area contributed by atoms with E-state index in [1.807, 2.05) is 0 Å². The minimum atomic E-state index is 0.705. The van der Waals surface area contributed by atoms with E-state index in [1.165, 1.54) is 24.2 Å². The van der Waals surface area contributed by atoms with Crippen molar-refractivity contribution in [1.82, 2.24) is 4.90 Å². The van der Waals surface area contributed by atoms with E-state index in [9.17, 15) is 0 Å². The first-order valence-corrected chi connectivity index (χ1v) is 5.47. The van der Waals surface area contributed by atoms with Crippen LogP contribution in [0.3, 0.4) is 0 Å². The molecule has 0 N–H and O–H groups in total. The first kappa shape index (κ1) is 9.72. The molecule has 1 saturated heterocycles. The third kappa shape index (κ3) is 1.83. The van der Waals surface area contributed by atoms with E-state index in [4.69, 9.17) is 0 Å². The predicted octanol–water partition coefficient (Wildman–Crippen LogP) is 2.80. The maximum absolute atomic E-state index is 2.52. The summed E-state index contributed by atoms with van der Waals surface area (Å²) in [6, 6.07) is 9.69. The second-order valence-electron chi connectivity index (χ2n) is 4.66. The maximum Gasteiger partial charge on any atom is 0.00938 e. The van der Waals surface area contributed by atoms with Gasteiger partial charge in [0.1, 0.15) is 0 Å². The normalized spacial score (nSPS) is 18.6. The van der Waals surface area contributed by atoms with Gasteiger partial charge in [-0.1, -0.05) is 29.8 Å². The van der Waals surface area contributed by atoms with Gasteiger partial charge in [-0.05, 0) is 26.3 Å². The number of rotatable bonds is 2. The quantitative estimate of drug-likeness (QED) is 0.691. The summed E-state index contributed by atoms with van der Waals surface area (Å²) in [6.45, 7) is 9.16. The Bertz CT molecular complexity index is 294. The fourth-order valence-electron chi connectivity index (χ4n) is 1.98. The van der Waals surface area contributed by atoms with E-state index in [2.05, 4.69) is 49.9 Å². The Balaban J connectivity index is 1.96. The molecule has 0 aliphatic carbocycles. The molecule has 0 bridgehead atoms. The van der Waals surface area contributed by atoms with Crippen molar-refractivity contribution >= 4 is 0 Å². The molecule has 76 valence electrons. The molecule has 1 aromatic carbocycles. The summed E-state index contributed by atoms with van der Waals surface area (Å²) in [7, 11) is 0. The first-order chi connectivity index (χ1) is 6.66. The predicted molar refractivity (Wildman–Crippen MR) is 60.6 cm³/mol. The second-order valence-corrected chi connectivity index (χ2v) is 4.66. The van der Waals surface area contributed by atoms with E-state index in [0.717, 1.165) is 5.92 Å². The summed E-state index contributed by atoms with van der Waals surface area (Å²) >= 11 is 0. The molecule has 14 heavy (non-hydrogen) atoms. The average Bonchev–Trinajstić information content (AvgIpc) is 2.05. The number of likely N-dealkylation sites (tertiary alicyclic amines) is 1. The molecule has 1 heteroatoms. The largest absolute Gasteiger partial charge is 0.300 e. The molecule has 1 nitrogen and oxygen atoms in total. The highest BCUT2D eigenvalue weighted by atomic mass is 15.2. The zero-order valence-electron chi connectivity index (χ0n) is 9.33. The summed E-state index contributed by atoms with van der Waals surface area (Å²) < 4.78 is 0. The molecule has 0 aromatic heterocycles. The Morgan fingerprint density at radius 2 is 1.71 bits per heavy atom. The average molecular weight is 189 g/mol. The van der Waals surface area contributed by atoms with Gasteiger partial charge in [-0.15, -0.1) is 0 Å². The van der Waals surface area contributed by atoms with Crippen LogP contribution in [0.2, 0.25) is 0 Å². The lowest BCUT2D eigenvalue weighted by Crippen LogP contribution is -2.48. The molecule has 0 saturated carbocycles. The van der Waals surface area contributed by atoms with Crippen molar-refractivity contribution < 1.29 is 0 Å². The summed E-state index contributed by atoms with van der Waals surface area (Å²) in [5.74, 6) is 0.776. The van der Waals surface area contributed by atoms with Crippen molar-refractivity contribution in [2.75, 3.05) is 13.1 Å². The molecular weight excluding hydrogens is 170 g/mol. The van der Waals surface area contributed by atoms with Crippen LogP contribution in [0.15, 0.2) is 24.3 Å². The zero-order chi connectivity index (χ0) is 10.1. The van der Waals surface area contributed by atoms with E-state index in [-0.39, 0.29) is 0 Å². The Labute approximate surface area is 86.7 Å². The molecular formula is C13H19N. The Kier molecular flexibility index (Phi) is 2.60. The van der Waals surface area contributed by atoms with Crippen LogP contribution in [0.5, 0.6) is 0 Å². The third-order valence-electron chi connectivity index (χ3n) is 3.19. The van der Waals surface area contributed by atoms with Crippen LogP contribution in [0.4, 0.5) is 0 Å². The highest BCUT2D eigenvalue weighted by Crippen LogP contribution is 2.28. The number of benzene rings is 1. The van der Waals surface area contributed by atoms with E-state index in [0.29, 0.717) is 6.04 Å². The van der Waals surface area contributed by atoms with Crippen LogP contribution in [-0.4, -0.2) is 24.0 Å². The van der Waals surface area contributed by atoms with Crippen molar-refractivity contribution in [3.8, 4) is 0 Å². The van der Waals surface area contributed by atoms with Crippen LogP contribution < -0.4 is 0 Å². The molecule has 1 fully saturated rings. The van der Waals surface area contributed by atoms with Gasteiger partial charge in [0.15, 0.2) is 0 Å². The van der Waals surface area contributed by atoms with Crippen LogP contribution in [0, 0.1) is 6.92 Å². The lowest BCUT2D eigenvalue weighted by molar-refractivity contribution is 0.110. The van der Waals surface area contributed by atoms with Gasteiger partial charge in [0.2, 0.25) is 0 Å². The summed E-state index contributed by atoms with van der Waals surface area (Å²) in [5, 5.41) is 0. The SMILES string of the molecule is Cc1ccc(C2CN(C(C)C)C2)cc1. The van der Waals surface area contributed by atoms with Gasteiger partial charge in [-0.3, -0.25) is 4.90 Å². The van der Waals surface area contributed by atoms with Crippen molar-refractivity contribution in [2.24, 2.45) is 0 Å². The van der Waals surface area contributed by atoms with Crippen molar-refractivity contribution in [1.29, 1.82) is 0 Å². The standard InChI is InChI=1S/C13H19N/c1-10(2)14-8-13(9-14)12-6-4-11(3)5-7-12/h4-7,10,13H,8-9H2,1-3H3. The maximum atomic E-state index is 2.52. The van der Waals surface area contributed by atoms with Crippen LogP contribution in [0.25, 0.3) is 0 Å². The molecule has 0 unspecified atom stereocenters. The second kappa shape index (κ2) is 3.74. The Morgan fingerprint density at radius 1 is 1.14 bits per heavy atom. The van der Waals surface area contributed by atoms with Gasteiger partial charge < -0.3 is 0 Å². The topological polar surface area (TPSA) is 3.24 Å². The molecule has 1 heterocycles. The summed E-state index contributed by atoms with van der Waals surface area (Å²) in [4.78, 5) is 2.52. The first-order valence-electron chi connectivity index (χ1n) is 5.47. The fourth-order valence-corrected chi connectivity index (χ4v) is 1.98. The molecule has 1 aliphatic heterocycles. The lowest BCUT2D eigenvalue weighted by Gasteiger charge is -2.42. The molecule has 0 amide bonds. The Hall–Kier alpha value is -0.820. The number of hydrogen-bond acceptors (Lipinski definition) is 1. The summed E-state index contributed by atoms with van der Waals surface area (Å²) in [5.41, 5.74) is 2.86. The van der Waals surface area contributed by atoms with Gasteiger partial charge in [-0.2, -0.15) is 0 Å². The van der Waals surface area contributed by atoms with Gasteiger partial charge >= 0.3 is 0 Å². The van der Waals surface area contributed by atoms with E-state index in [1.54, 1.807) is 0 Å². The molecule has 2 rings (SSSR count). The minimum absolute atomic E-state index is 0.705. The fraction of sp³-hybridized carbons (Fsp3) is 0.538. The van der Waals surface area contributed by atoms with Gasteiger partial charge in [-0.25, -0.2) is 0 Å². The zero-order valence-corrected chi connectivity index (χ0v) is 9.33. The Morgan fingerprint density at radius 3 is 2.21 bits per heavy atom. The number of aryl methyl sites for hydroxylation is 1. The molecule has 0 atom stereocenters. The smallest absolute Gasteiger partial charge is 0.00938 e. The molecule has 0 spiro atoms. The third-order valence-corrected chi connectivity index (χ3v) is 3.19. The summed E-state index contributed by atoms with van der Waals surface area (Å²) in [6.07, 6.45) is 0. The molecule has 0 radical (unpaired) electrons. The van der Waals surface area contributed by atoms with Gasteiger partial charge in [0.25, 0.3) is 0 Å². The van der Waals surface area contributed by atoms with E-state index >= 15 is 0 Å². The highest BCUT2D eigenvalue weighted by Gasteiger charge is 2.29. The number of nitrogens with zero attached hydrogens (tertiary/aromatic N) is 1. The van der Waals surface area contributed by atoms with Gasteiger partial charge in [0, 0.05) is 25.0 Å². The van der Waals surface area contributed by atoms with Crippen molar-refractivity contribution in [3.63, 3.8) is 0 Å². The van der Waals surface area contributed by atoms with Crippen LogP contribution >= 0.6 is 0 Å². The highest BCUT2D eigenvalue weighted by molar-refractivity contribution is 5.26. The van der Waals surface area contributed by atoms with Crippen LogP contribution in [0.1, 0.15) is 30.9 Å². The van der Waals surface area contributed by atoms with Crippen molar-refractivity contribution in [2.45, 2.75) is 32.7 Å². The molecule has 1 aromatic rings. The van der Waals surface area contributed by atoms with Gasteiger partial charge in [0.05, 0.1) is 0 Å².